The second-order valence-corrected chi connectivity index (χ2v) is 3.87. The van der Waals surface area contributed by atoms with Gasteiger partial charge < -0.3 is 4.74 Å². The quantitative estimate of drug-likeness (QED) is 0.812. The first kappa shape index (κ1) is 12.3. The van der Waals surface area contributed by atoms with Gasteiger partial charge in [0.25, 0.3) is 0 Å². The first-order chi connectivity index (χ1) is 8.60. The summed E-state index contributed by atoms with van der Waals surface area (Å²) in [5.74, 6) is -1.64. The van der Waals surface area contributed by atoms with Gasteiger partial charge in [0.2, 0.25) is 0 Å². The van der Waals surface area contributed by atoms with Crippen molar-refractivity contribution in [2.24, 2.45) is 0 Å². The van der Waals surface area contributed by atoms with E-state index < -0.39 is 11.6 Å². The average Bonchev–Trinajstić information content (AvgIpc) is 2.36. The number of hydrogen-bond acceptors (Lipinski definition) is 2. The highest BCUT2D eigenvalue weighted by atomic mass is 35.5. The molecule has 0 spiro atoms. The lowest BCUT2D eigenvalue weighted by atomic mass is 10.2. The molecule has 18 heavy (non-hydrogen) atoms. The van der Waals surface area contributed by atoms with E-state index >= 15 is 0 Å². The van der Waals surface area contributed by atoms with Crippen LogP contribution in [-0.4, -0.2) is 0 Å². The van der Waals surface area contributed by atoms with E-state index in [1.165, 1.54) is 24.3 Å². The second kappa shape index (κ2) is 5.03. The number of hydrogen-bond donors (Lipinski definition) is 0. The molecule has 0 saturated carbocycles. The minimum absolute atomic E-state index is 0.104. The van der Waals surface area contributed by atoms with E-state index in [-0.39, 0.29) is 17.1 Å². The zero-order chi connectivity index (χ0) is 13.1. The smallest absolute Gasteiger partial charge is 0.162 e. The van der Waals surface area contributed by atoms with Crippen LogP contribution in [0.2, 0.25) is 5.02 Å². The molecule has 2 nitrogen and oxygen atoms in total. The Morgan fingerprint density at radius 2 is 1.83 bits per heavy atom. The van der Waals surface area contributed by atoms with Crippen LogP contribution in [0.15, 0.2) is 36.4 Å². The average molecular weight is 266 g/mol. The van der Waals surface area contributed by atoms with Crippen molar-refractivity contribution in [2.45, 2.75) is 0 Å². The first-order valence-corrected chi connectivity index (χ1v) is 5.30. The standard InChI is InChI=1S/C13H6ClF2NO/c14-9-1-4-13(8(5-9)7-17)18-10-2-3-11(15)12(16)6-10/h1-6H. The Hall–Kier alpha value is -2.12. The van der Waals surface area contributed by atoms with Gasteiger partial charge in [0.1, 0.15) is 17.6 Å². The second-order valence-electron chi connectivity index (χ2n) is 3.43. The summed E-state index contributed by atoms with van der Waals surface area (Å²) in [4.78, 5) is 0. The Labute approximate surface area is 107 Å². The first-order valence-electron chi connectivity index (χ1n) is 4.92. The summed E-state index contributed by atoms with van der Waals surface area (Å²) in [6.45, 7) is 0. The fourth-order valence-corrected chi connectivity index (χ4v) is 1.52. The number of ether oxygens (including phenoxy) is 1. The molecule has 0 atom stereocenters. The third kappa shape index (κ3) is 2.58. The molecule has 0 aliphatic rings. The number of benzene rings is 2. The summed E-state index contributed by atoms with van der Waals surface area (Å²) in [7, 11) is 0. The Bertz CT molecular complexity index is 637. The van der Waals surface area contributed by atoms with Crippen molar-refractivity contribution < 1.29 is 13.5 Å². The Balaban J connectivity index is 2.34. The van der Waals surface area contributed by atoms with E-state index in [2.05, 4.69) is 0 Å². The zero-order valence-corrected chi connectivity index (χ0v) is 9.71. The normalized spacial score (nSPS) is 9.89. The molecule has 2 aromatic rings. The fourth-order valence-electron chi connectivity index (χ4n) is 1.35. The van der Waals surface area contributed by atoms with Crippen LogP contribution in [0.3, 0.4) is 0 Å². The minimum atomic E-state index is -1.01. The van der Waals surface area contributed by atoms with Crippen molar-refractivity contribution in [3.63, 3.8) is 0 Å². The summed E-state index contributed by atoms with van der Waals surface area (Å²) < 4.78 is 31.0. The van der Waals surface area contributed by atoms with Crippen molar-refractivity contribution in [3.05, 3.63) is 58.6 Å². The van der Waals surface area contributed by atoms with Gasteiger partial charge in [-0.15, -0.1) is 0 Å². The largest absolute Gasteiger partial charge is 0.456 e. The molecule has 0 aliphatic heterocycles. The van der Waals surface area contributed by atoms with Gasteiger partial charge >= 0.3 is 0 Å². The molecular formula is C13H6ClF2NO. The van der Waals surface area contributed by atoms with Crippen LogP contribution in [0.25, 0.3) is 0 Å². The molecular weight excluding hydrogens is 260 g/mol. The Morgan fingerprint density at radius 3 is 2.50 bits per heavy atom. The van der Waals surface area contributed by atoms with Gasteiger partial charge in [0, 0.05) is 11.1 Å². The summed E-state index contributed by atoms with van der Waals surface area (Å²) in [6.07, 6.45) is 0. The summed E-state index contributed by atoms with van der Waals surface area (Å²) in [5, 5.41) is 9.29. The lowest BCUT2D eigenvalue weighted by molar-refractivity contribution is 0.460. The Kier molecular flexibility index (Phi) is 3.45. The van der Waals surface area contributed by atoms with E-state index in [1.54, 1.807) is 0 Å². The van der Waals surface area contributed by atoms with Gasteiger partial charge in [-0.05, 0) is 30.3 Å². The molecule has 0 heterocycles. The van der Waals surface area contributed by atoms with E-state index in [4.69, 9.17) is 21.6 Å². The molecule has 0 radical (unpaired) electrons. The van der Waals surface area contributed by atoms with Crippen LogP contribution < -0.4 is 4.74 Å². The molecule has 90 valence electrons. The molecule has 0 unspecified atom stereocenters. The lowest BCUT2D eigenvalue weighted by Gasteiger charge is -2.07. The van der Waals surface area contributed by atoms with E-state index in [0.29, 0.717) is 5.02 Å². The van der Waals surface area contributed by atoms with Crippen LogP contribution in [0.4, 0.5) is 8.78 Å². The lowest BCUT2D eigenvalue weighted by Crippen LogP contribution is -1.90. The molecule has 0 fully saturated rings. The summed E-state index contributed by atoms with van der Waals surface area (Å²) in [5.41, 5.74) is 0.215. The molecule has 0 N–H and O–H groups in total. The number of halogens is 3. The molecule has 0 saturated heterocycles. The van der Waals surface area contributed by atoms with Crippen LogP contribution in [0, 0.1) is 23.0 Å². The van der Waals surface area contributed by atoms with Crippen LogP contribution >= 0.6 is 11.6 Å². The maximum atomic E-state index is 13.0. The topological polar surface area (TPSA) is 33.0 Å². The third-order valence-electron chi connectivity index (χ3n) is 2.18. The van der Waals surface area contributed by atoms with Crippen molar-refractivity contribution in [3.8, 4) is 17.6 Å². The number of nitrogens with zero attached hydrogens (tertiary/aromatic N) is 1. The van der Waals surface area contributed by atoms with Crippen LogP contribution in [0.5, 0.6) is 11.5 Å². The number of rotatable bonds is 2. The molecule has 0 aliphatic carbocycles. The van der Waals surface area contributed by atoms with Gasteiger partial charge in [-0.1, -0.05) is 11.6 Å². The van der Waals surface area contributed by atoms with Crippen LogP contribution in [-0.2, 0) is 0 Å². The zero-order valence-electron chi connectivity index (χ0n) is 8.95. The van der Waals surface area contributed by atoms with E-state index in [0.717, 1.165) is 12.1 Å². The number of nitriles is 1. The minimum Gasteiger partial charge on any atom is -0.456 e. The Morgan fingerprint density at radius 1 is 1.06 bits per heavy atom. The maximum Gasteiger partial charge on any atom is 0.162 e. The van der Waals surface area contributed by atoms with Gasteiger partial charge in [-0.3, -0.25) is 0 Å². The summed E-state index contributed by atoms with van der Waals surface area (Å²) in [6, 6.07) is 9.49. The van der Waals surface area contributed by atoms with Crippen molar-refractivity contribution in [2.75, 3.05) is 0 Å². The van der Waals surface area contributed by atoms with Gasteiger partial charge in [0.15, 0.2) is 11.6 Å². The van der Waals surface area contributed by atoms with Crippen molar-refractivity contribution in [1.82, 2.24) is 0 Å². The predicted molar refractivity (Wildman–Crippen MR) is 62.6 cm³/mol. The van der Waals surface area contributed by atoms with Gasteiger partial charge in [-0.2, -0.15) is 5.26 Å². The maximum absolute atomic E-state index is 13.0. The highest BCUT2D eigenvalue weighted by Gasteiger charge is 2.08. The monoisotopic (exact) mass is 265 g/mol. The van der Waals surface area contributed by atoms with Crippen LogP contribution in [0.1, 0.15) is 5.56 Å². The predicted octanol–water partition coefficient (Wildman–Crippen LogP) is 4.28. The molecule has 5 heteroatoms. The molecule has 0 aromatic heterocycles. The van der Waals surface area contributed by atoms with Gasteiger partial charge in [0.05, 0.1) is 5.56 Å². The SMILES string of the molecule is N#Cc1cc(Cl)ccc1Oc1ccc(F)c(F)c1. The van der Waals surface area contributed by atoms with E-state index in [1.807, 2.05) is 6.07 Å². The highest BCUT2D eigenvalue weighted by Crippen LogP contribution is 2.28. The molecule has 0 amide bonds. The molecule has 2 aromatic carbocycles. The van der Waals surface area contributed by atoms with Crippen molar-refractivity contribution >= 4 is 11.6 Å². The molecule has 2 rings (SSSR count). The van der Waals surface area contributed by atoms with Crippen molar-refractivity contribution in [1.29, 1.82) is 5.26 Å². The molecule has 0 bridgehead atoms. The highest BCUT2D eigenvalue weighted by molar-refractivity contribution is 6.30. The third-order valence-corrected chi connectivity index (χ3v) is 2.42. The van der Waals surface area contributed by atoms with Gasteiger partial charge in [-0.25, -0.2) is 8.78 Å². The fraction of sp³-hybridized carbons (Fsp3) is 0. The van der Waals surface area contributed by atoms with E-state index in [9.17, 15) is 8.78 Å². The summed E-state index contributed by atoms with van der Waals surface area (Å²) >= 11 is 5.73.